The van der Waals surface area contributed by atoms with E-state index in [1.807, 2.05) is 24.4 Å². The van der Waals surface area contributed by atoms with E-state index in [0.717, 1.165) is 0 Å². The highest BCUT2D eigenvalue weighted by atomic mass is 15.0. The first-order valence-electron chi connectivity index (χ1n) is 6.72. The highest BCUT2D eigenvalue weighted by Crippen LogP contribution is 2.23. The van der Waals surface area contributed by atoms with Crippen molar-refractivity contribution in [2.45, 2.75) is 0 Å². The Morgan fingerprint density at radius 1 is 0.909 bits per heavy atom. The van der Waals surface area contributed by atoms with Crippen molar-refractivity contribution in [3.8, 4) is 11.1 Å². The van der Waals surface area contributed by atoms with Gasteiger partial charge in [-0.3, -0.25) is 0 Å². The van der Waals surface area contributed by atoms with E-state index in [4.69, 9.17) is 0 Å². The van der Waals surface area contributed by atoms with E-state index in [2.05, 4.69) is 60.6 Å². The predicted molar refractivity (Wildman–Crippen MR) is 96.3 cm³/mol. The van der Waals surface area contributed by atoms with Gasteiger partial charge in [0.15, 0.2) is 0 Å². The Labute approximate surface area is 134 Å². The maximum absolute atomic E-state index is 3.82. The molecule has 0 amide bonds. The summed E-state index contributed by atoms with van der Waals surface area (Å²) in [5, 5.41) is 0. The fourth-order valence-electron chi connectivity index (χ4n) is 1.93. The summed E-state index contributed by atoms with van der Waals surface area (Å²) in [5.74, 6) is 0. The number of benzene rings is 2. The van der Waals surface area contributed by atoms with Crippen molar-refractivity contribution in [1.29, 1.82) is 0 Å². The lowest BCUT2D eigenvalue weighted by molar-refractivity contribution is 1.14. The van der Waals surface area contributed by atoms with Crippen molar-refractivity contribution in [2.75, 3.05) is 0 Å². The van der Waals surface area contributed by atoms with E-state index in [1.54, 1.807) is 23.3 Å². The maximum Gasteiger partial charge on any atom is 0.0986 e. The zero-order chi connectivity index (χ0) is 14.9. The normalized spacial score (nSPS) is 8.91. The average molecular weight is 285 g/mol. The second kappa shape index (κ2) is 9.19. The van der Waals surface area contributed by atoms with Crippen molar-refractivity contribution >= 4 is 20.7 Å². The molecule has 1 heterocycles. The van der Waals surface area contributed by atoms with Crippen molar-refractivity contribution in [2.24, 2.45) is 0 Å². The van der Waals surface area contributed by atoms with Crippen molar-refractivity contribution in [3.05, 3.63) is 92.0 Å². The Balaban J connectivity index is 0.000000258. The molecular formula is C19H18BN2. The summed E-state index contributed by atoms with van der Waals surface area (Å²) in [6.45, 7) is 7.34. The largest absolute Gasteiger partial charge is 0.314 e. The van der Waals surface area contributed by atoms with Crippen LogP contribution in [-0.4, -0.2) is 18.0 Å². The van der Waals surface area contributed by atoms with Crippen molar-refractivity contribution in [1.82, 2.24) is 9.55 Å². The molecule has 1 aromatic heterocycles. The van der Waals surface area contributed by atoms with Crippen LogP contribution in [0.15, 0.2) is 86.5 Å². The summed E-state index contributed by atoms with van der Waals surface area (Å²) in [5.41, 5.74) is 3.66. The summed E-state index contributed by atoms with van der Waals surface area (Å²) in [7, 11) is 0. The molecule has 0 aliphatic carbocycles. The molecule has 2 nitrogen and oxygen atoms in total. The standard InChI is InChI=1S/C14H12.C5H6N2.B/c1-2-12-8-6-7-11-14(12)13-9-4-3-5-10-13;1-2-7-4-3-6-5-7;/h2-11H,1H2;2-5H,1H2;. The summed E-state index contributed by atoms with van der Waals surface area (Å²) in [6, 6.07) is 18.6. The maximum atomic E-state index is 3.82. The van der Waals surface area contributed by atoms with Crippen molar-refractivity contribution in [3.63, 3.8) is 0 Å². The molecule has 0 spiro atoms. The number of rotatable bonds is 3. The van der Waals surface area contributed by atoms with Crippen LogP contribution in [0.25, 0.3) is 23.4 Å². The molecule has 2 aromatic carbocycles. The smallest absolute Gasteiger partial charge is 0.0986 e. The fourth-order valence-corrected chi connectivity index (χ4v) is 1.93. The van der Waals surface area contributed by atoms with Crippen LogP contribution in [0.2, 0.25) is 0 Å². The average Bonchev–Trinajstić information content (AvgIpc) is 3.10. The third-order valence-electron chi connectivity index (χ3n) is 3.00. The third-order valence-corrected chi connectivity index (χ3v) is 3.00. The molecule has 0 bridgehead atoms. The minimum absolute atomic E-state index is 0. The van der Waals surface area contributed by atoms with Gasteiger partial charge in [0, 0.05) is 27.0 Å². The number of hydrogen-bond acceptors (Lipinski definition) is 1. The van der Waals surface area contributed by atoms with E-state index in [0.29, 0.717) is 0 Å². The van der Waals surface area contributed by atoms with Gasteiger partial charge in [-0.25, -0.2) is 4.98 Å². The van der Waals surface area contributed by atoms with Crippen LogP contribution in [-0.2, 0) is 0 Å². The molecule has 0 saturated carbocycles. The van der Waals surface area contributed by atoms with Gasteiger partial charge in [0.05, 0.1) is 6.33 Å². The number of nitrogens with zero attached hydrogens (tertiary/aromatic N) is 2. The van der Waals surface area contributed by atoms with E-state index in [9.17, 15) is 0 Å². The topological polar surface area (TPSA) is 17.8 Å². The minimum Gasteiger partial charge on any atom is -0.314 e. The Kier molecular flexibility index (Phi) is 7.20. The van der Waals surface area contributed by atoms with E-state index < -0.39 is 0 Å². The van der Waals surface area contributed by atoms with Crippen LogP contribution >= 0.6 is 0 Å². The quantitative estimate of drug-likeness (QED) is 0.643. The van der Waals surface area contributed by atoms with Gasteiger partial charge in [0.25, 0.3) is 0 Å². The Morgan fingerprint density at radius 3 is 2.14 bits per heavy atom. The lowest BCUT2D eigenvalue weighted by atomic mass is 10.00. The second-order valence-electron chi connectivity index (χ2n) is 4.35. The molecule has 3 radical (unpaired) electrons. The number of hydrogen-bond donors (Lipinski definition) is 0. The van der Waals surface area contributed by atoms with Crippen LogP contribution in [0.5, 0.6) is 0 Å². The summed E-state index contributed by atoms with van der Waals surface area (Å²) < 4.78 is 1.78. The number of aromatic nitrogens is 2. The van der Waals surface area contributed by atoms with Gasteiger partial charge in [0.2, 0.25) is 0 Å². The first kappa shape index (κ1) is 17.2. The highest BCUT2D eigenvalue weighted by molar-refractivity contribution is 5.75. The van der Waals surface area contributed by atoms with Crippen LogP contribution in [0.1, 0.15) is 5.56 Å². The first-order valence-corrected chi connectivity index (χ1v) is 6.72. The molecule has 0 N–H and O–H groups in total. The molecule has 0 saturated heterocycles. The lowest BCUT2D eigenvalue weighted by Crippen LogP contribution is -1.81. The molecule has 22 heavy (non-hydrogen) atoms. The van der Waals surface area contributed by atoms with Gasteiger partial charge in [-0.05, 0) is 16.7 Å². The lowest BCUT2D eigenvalue weighted by Gasteiger charge is -2.04. The minimum atomic E-state index is 0. The molecule has 3 rings (SSSR count). The Morgan fingerprint density at radius 2 is 1.59 bits per heavy atom. The van der Waals surface area contributed by atoms with E-state index in [-0.39, 0.29) is 8.41 Å². The van der Waals surface area contributed by atoms with Gasteiger partial charge < -0.3 is 4.57 Å². The summed E-state index contributed by atoms with van der Waals surface area (Å²) in [6.07, 6.45) is 8.80. The van der Waals surface area contributed by atoms with Crippen LogP contribution in [0, 0.1) is 0 Å². The van der Waals surface area contributed by atoms with E-state index >= 15 is 0 Å². The van der Waals surface area contributed by atoms with Gasteiger partial charge in [-0.2, -0.15) is 0 Å². The SMILES string of the molecule is C=Cc1ccccc1-c1ccccc1.C=Cn1ccnc1.[B]. The Bertz CT molecular complexity index is 688. The van der Waals surface area contributed by atoms with Gasteiger partial charge in [0.1, 0.15) is 0 Å². The zero-order valence-corrected chi connectivity index (χ0v) is 12.5. The highest BCUT2D eigenvalue weighted by Gasteiger charge is 1.99. The molecule has 3 heteroatoms. The Hall–Kier alpha value is -2.81. The van der Waals surface area contributed by atoms with Crippen LogP contribution in [0.3, 0.4) is 0 Å². The number of imidazole rings is 1. The summed E-state index contributed by atoms with van der Waals surface area (Å²) >= 11 is 0. The van der Waals surface area contributed by atoms with Gasteiger partial charge in [-0.1, -0.05) is 73.8 Å². The van der Waals surface area contributed by atoms with Gasteiger partial charge in [-0.15, -0.1) is 0 Å². The molecule has 0 aliphatic heterocycles. The fraction of sp³-hybridized carbons (Fsp3) is 0. The van der Waals surface area contributed by atoms with Gasteiger partial charge >= 0.3 is 0 Å². The molecule has 0 atom stereocenters. The second-order valence-corrected chi connectivity index (χ2v) is 4.35. The molecule has 0 unspecified atom stereocenters. The first-order chi connectivity index (χ1) is 10.3. The summed E-state index contributed by atoms with van der Waals surface area (Å²) in [4.78, 5) is 3.78. The van der Waals surface area contributed by atoms with Crippen molar-refractivity contribution < 1.29 is 0 Å². The predicted octanol–water partition coefficient (Wildman–Crippen LogP) is 4.60. The monoisotopic (exact) mass is 285 g/mol. The molecule has 0 fully saturated rings. The molecule has 107 valence electrons. The van der Waals surface area contributed by atoms with Crippen LogP contribution < -0.4 is 0 Å². The van der Waals surface area contributed by atoms with Crippen LogP contribution in [0.4, 0.5) is 0 Å². The van der Waals surface area contributed by atoms with E-state index in [1.165, 1.54) is 16.7 Å². The third kappa shape index (κ3) is 4.63. The molecule has 3 aromatic rings. The molecule has 0 aliphatic rings. The molecular weight excluding hydrogens is 267 g/mol. The zero-order valence-electron chi connectivity index (χ0n) is 12.5.